The van der Waals surface area contributed by atoms with E-state index >= 15 is 0 Å². The third-order valence-electron chi connectivity index (χ3n) is 7.63. The lowest BCUT2D eigenvalue weighted by atomic mass is 9.85. The molecule has 3 rings (SSSR count). The second-order valence-electron chi connectivity index (χ2n) is 11.1. The molecular weight excluding hydrogens is 460 g/mol. The number of piperazine rings is 1. The maximum absolute atomic E-state index is 13.9. The molecule has 0 unspecified atom stereocenters. The van der Waals surface area contributed by atoms with Crippen molar-refractivity contribution in [3.05, 3.63) is 0 Å². The first-order valence-electron chi connectivity index (χ1n) is 14.3. The molecule has 2 heterocycles. The Bertz CT molecular complexity index is 727. The van der Waals surface area contributed by atoms with Gasteiger partial charge in [-0.05, 0) is 50.5 Å². The third kappa shape index (κ3) is 7.34. The van der Waals surface area contributed by atoms with E-state index in [2.05, 4.69) is 6.92 Å². The predicted molar refractivity (Wildman–Crippen MR) is 138 cm³/mol. The molecule has 206 valence electrons. The van der Waals surface area contributed by atoms with Crippen LogP contribution in [0.4, 0.5) is 4.79 Å². The summed E-state index contributed by atoms with van der Waals surface area (Å²) in [6, 6.07) is -0.609. The van der Waals surface area contributed by atoms with Crippen LogP contribution in [0, 0.1) is 11.8 Å². The highest BCUT2D eigenvalue weighted by Gasteiger charge is 2.53. The molecule has 2 saturated heterocycles. The molecule has 3 aliphatic rings. The highest BCUT2D eigenvalue weighted by atomic mass is 16.7. The van der Waals surface area contributed by atoms with Crippen LogP contribution in [-0.4, -0.2) is 77.3 Å². The van der Waals surface area contributed by atoms with Gasteiger partial charge in [0, 0.05) is 6.54 Å². The summed E-state index contributed by atoms with van der Waals surface area (Å²) in [5.41, 5.74) is 5.73. The van der Waals surface area contributed by atoms with Gasteiger partial charge in [-0.1, -0.05) is 65.7 Å². The number of nitrogens with two attached hydrogens (primary N) is 1. The summed E-state index contributed by atoms with van der Waals surface area (Å²) in [5.74, 6) is 0.371. The number of unbranched alkanes of at least 4 members (excludes halogenated alkanes) is 3. The maximum atomic E-state index is 13.9. The monoisotopic (exact) mass is 508 g/mol. The molecule has 2 aliphatic heterocycles. The number of hydrogen-bond acceptors (Lipinski definition) is 6. The van der Waals surface area contributed by atoms with E-state index in [9.17, 15) is 14.4 Å². The van der Waals surface area contributed by atoms with E-state index in [1.807, 2.05) is 18.7 Å². The zero-order valence-electron chi connectivity index (χ0n) is 22.7. The Morgan fingerprint density at radius 2 is 1.83 bits per heavy atom. The van der Waals surface area contributed by atoms with Gasteiger partial charge in [0.05, 0.1) is 13.2 Å². The van der Waals surface area contributed by atoms with Gasteiger partial charge >= 0.3 is 6.09 Å². The Kier molecular flexibility index (Phi) is 11.3. The number of hydroxylamine groups is 2. The number of amides is 3. The molecule has 0 aromatic carbocycles. The first-order valence-corrected chi connectivity index (χ1v) is 14.3. The Balaban J connectivity index is 1.87. The summed E-state index contributed by atoms with van der Waals surface area (Å²) >= 11 is 0. The van der Waals surface area contributed by atoms with Crippen LogP contribution in [0.25, 0.3) is 0 Å². The largest absolute Gasteiger partial charge is 0.448 e. The van der Waals surface area contributed by atoms with Gasteiger partial charge in [0.15, 0.2) is 12.3 Å². The number of rotatable bonds is 12. The van der Waals surface area contributed by atoms with E-state index in [1.54, 1.807) is 4.90 Å². The minimum Gasteiger partial charge on any atom is -0.448 e. The molecule has 0 aromatic heterocycles. The fraction of sp³-hybridized carbons (Fsp3) is 0.889. The molecule has 0 spiro atoms. The van der Waals surface area contributed by atoms with Crippen LogP contribution in [0.15, 0.2) is 0 Å². The predicted octanol–water partition coefficient (Wildman–Crippen LogP) is 4.05. The SMILES string of the molecule is CCCCCN1C[C@@H]2N(C(=O)OCC(C)C)O[C@@H](CC3CCCCC3)C(=O)N2[C@@H](CCCCN)C1=O. The van der Waals surface area contributed by atoms with Crippen molar-refractivity contribution in [1.29, 1.82) is 0 Å². The highest BCUT2D eigenvalue weighted by Crippen LogP contribution is 2.35. The van der Waals surface area contributed by atoms with Gasteiger partial charge in [-0.15, -0.1) is 0 Å². The van der Waals surface area contributed by atoms with Crippen LogP contribution < -0.4 is 5.73 Å². The summed E-state index contributed by atoms with van der Waals surface area (Å²) < 4.78 is 5.56. The third-order valence-corrected chi connectivity index (χ3v) is 7.63. The molecule has 3 atom stereocenters. The first-order chi connectivity index (χ1) is 17.4. The average Bonchev–Trinajstić information content (AvgIpc) is 2.87. The number of carbonyl (C=O) groups excluding carboxylic acids is 3. The Hall–Kier alpha value is -1.87. The number of hydrogen-bond donors (Lipinski definition) is 1. The van der Waals surface area contributed by atoms with Crippen LogP contribution in [-0.2, 0) is 19.2 Å². The normalized spacial score (nSPS) is 25.5. The van der Waals surface area contributed by atoms with Crippen molar-refractivity contribution in [3.63, 3.8) is 0 Å². The fourth-order valence-electron chi connectivity index (χ4n) is 5.65. The minimum atomic E-state index is -0.771. The summed E-state index contributed by atoms with van der Waals surface area (Å²) in [7, 11) is 0. The molecule has 36 heavy (non-hydrogen) atoms. The van der Waals surface area contributed by atoms with Crippen molar-refractivity contribution in [2.45, 2.75) is 116 Å². The molecule has 9 nitrogen and oxygen atoms in total. The van der Waals surface area contributed by atoms with E-state index < -0.39 is 24.4 Å². The number of ether oxygens (including phenoxy) is 1. The Labute approximate surface area is 216 Å². The topological polar surface area (TPSA) is 105 Å². The second kappa shape index (κ2) is 14.2. The summed E-state index contributed by atoms with van der Waals surface area (Å²) in [6.07, 6.45) is 9.25. The van der Waals surface area contributed by atoms with Crippen molar-refractivity contribution in [2.24, 2.45) is 17.6 Å². The lowest BCUT2D eigenvalue weighted by molar-refractivity contribution is -0.269. The molecule has 3 fully saturated rings. The molecule has 1 aliphatic carbocycles. The molecule has 2 N–H and O–H groups in total. The quantitative estimate of drug-likeness (QED) is 0.399. The van der Waals surface area contributed by atoms with Gasteiger partial charge in [-0.25, -0.2) is 4.79 Å². The number of nitrogens with zero attached hydrogens (tertiary/aromatic N) is 3. The summed E-state index contributed by atoms with van der Waals surface area (Å²) in [5, 5.41) is 1.27. The molecular formula is C27H48N4O5. The number of fused-ring (bicyclic) bond motifs is 1. The smallest absolute Gasteiger partial charge is 0.436 e. The zero-order chi connectivity index (χ0) is 26.1. The highest BCUT2D eigenvalue weighted by molar-refractivity contribution is 5.92. The van der Waals surface area contributed by atoms with E-state index in [0.717, 1.165) is 57.8 Å². The van der Waals surface area contributed by atoms with Gasteiger partial charge in [0.2, 0.25) is 5.91 Å². The van der Waals surface area contributed by atoms with Crippen molar-refractivity contribution in [2.75, 3.05) is 26.2 Å². The Morgan fingerprint density at radius 3 is 2.50 bits per heavy atom. The summed E-state index contributed by atoms with van der Waals surface area (Å²) in [6.45, 7) is 7.75. The van der Waals surface area contributed by atoms with Crippen molar-refractivity contribution in [3.8, 4) is 0 Å². The molecule has 0 aromatic rings. The summed E-state index contributed by atoms with van der Waals surface area (Å²) in [4.78, 5) is 50.3. The molecule has 1 saturated carbocycles. The lowest BCUT2D eigenvalue weighted by Crippen LogP contribution is -2.73. The first kappa shape index (κ1) is 28.7. The van der Waals surface area contributed by atoms with Gasteiger partial charge in [-0.3, -0.25) is 14.4 Å². The van der Waals surface area contributed by atoms with Crippen LogP contribution >= 0.6 is 0 Å². The minimum absolute atomic E-state index is 0.0264. The average molecular weight is 509 g/mol. The van der Waals surface area contributed by atoms with Crippen LogP contribution in [0.2, 0.25) is 0 Å². The fourth-order valence-corrected chi connectivity index (χ4v) is 5.65. The molecule has 0 radical (unpaired) electrons. The zero-order valence-corrected chi connectivity index (χ0v) is 22.7. The lowest BCUT2D eigenvalue weighted by Gasteiger charge is -2.53. The van der Waals surface area contributed by atoms with Crippen molar-refractivity contribution >= 4 is 17.9 Å². The van der Waals surface area contributed by atoms with Gasteiger partial charge in [0.25, 0.3) is 5.91 Å². The van der Waals surface area contributed by atoms with Gasteiger partial charge in [-0.2, -0.15) is 5.06 Å². The van der Waals surface area contributed by atoms with Gasteiger partial charge < -0.3 is 20.3 Å². The molecule has 0 bridgehead atoms. The molecule has 3 amide bonds. The van der Waals surface area contributed by atoms with Gasteiger partial charge in [0.1, 0.15) is 6.04 Å². The maximum Gasteiger partial charge on any atom is 0.436 e. The standard InChI is InChI=1S/C27H48N4O5/c1-4-5-11-16-29-18-24-30(22(25(29)32)14-9-10-15-28)26(33)23(17-21-12-7-6-8-13-21)36-31(24)27(34)35-19-20(2)3/h20-24H,4-19,28H2,1-3H3/t22-,23-,24-/m0/s1. The van der Waals surface area contributed by atoms with E-state index in [1.165, 1.54) is 11.5 Å². The van der Waals surface area contributed by atoms with E-state index in [-0.39, 0.29) is 30.9 Å². The van der Waals surface area contributed by atoms with Crippen LogP contribution in [0.1, 0.15) is 97.8 Å². The molecule has 9 heteroatoms. The van der Waals surface area contributed by atoms with Crippen molar-refractivity contribution in [1.82, 2.24) is 14.9 Å². The number of carbonyl (C=O) groups is 3. The van der Waals surface area contributed by atoms with E-state index in [4.69, 9.17) is 15.3 Å². The van der Waals surface area contributed by atoms with Crippen LogP contribution in [0.3, 0.4) is 0 Å². The Morgan fingerprint density at radius 1 is 1.08 bits per heavy atom. The second-order valence-corrected chi connectivity index (χ2v) is 11.1. The van der Waals surface area contributed by atoms with Crippen molar-refractivity contribution < 1.29 is 24.0 Å². The van der Waals surface area contributed by atoms with Crippen LogP contribution in [0.5, 0.6) is 0 Å². The van der Waals surface area contributed by atoms with E-state index in [0.29, 0.717) is 31.8 Å².